The maximum Gasteiger partial charge on any atom is 0.0979 e. The molecular formula is C62H43N3. The van der Waals surface area contributed by atoms with Gasteiger partial charge in [0.1, 0.15) is 0 Å². The van der Waals surface area contributed by atoms with E-state index in [1.165, 1.54) is 88.3 Å². The number of benzene rings is 9. The fourth-order valence-corrected chi connectivity index (χ4v) is 10.5. The Labute approximate surface area is 378 Å². The largest absolute Gasteiger partial charge is 0.309 e. The fraction of sp³-hybridized carbons (Fsp3) is 0.0645. The Balaban J connectivity index is 0.742. The number of rotatable bonds is 6. The van der Waals surface area contributed by atoms with Crippen molar-refractivity contribution in [2.24, 2.45) is 0 Å². The molecule has 2 aromatic heterocycles. The van der Waals surface area contributed by atoms with E-state index in [-0.39, 0.29) is 0 Å². The van der Waals surface area contributed by atoms with E-state index in [1.54, 1.807) is 0 Å². The first-order chi connectivity index (χ1) is 32.2. The van der Waals surface area contributed by atoms with Crippen molar-refractivity contribution in [3.8, 4) is 27.9 Å². The maximum atomic E-state index is 5.22. The van der Waals surface area contributed by atoms with E-state index in [0.29, 0.717) is 5.92 Å². The van der Waals surface area contributed by atoms with Gasteiger partial charge < -0.3 is 4.57 Å². The van der Waals surface area contributed by atoms with Gasteiger partial charge in [-0.25, -0.2) is 4.98 Å². The van der Waals surface area contributed by atoms with E-state index in [2.05, 4.69) is 217 Å². The summed E-state index contributed by atoms with van der Waals surface area (Å²) in [6.07, 6.45) is 14.2. The first-order valence-electron chi connectivity index (χ1n) is 22.8. The Morgan fingerprint density at radius 2 is 1.08 bits per heavy atom. The number of hydrogen-bond acceptors (Lipinski definition) is 2. The summed E-state index contributed by atoms with van der Waals surface area (Å²) in [5.41, 5.74) is 19.2. The van der Waals surface area contributed by atoms with E-state index in [4.69, 9.17) is 9.97 Å². The highest BCUT2D eigenvalue weighted by Crippen LogP contribution is 2.39. The number of nitrogens with zero attached hydrogens (tertiary/aromatic N) is 3. The van der Waals surface area contributed by atoms with Crippen LogP contribution in [0.2, 0.25) is 0 Å². The van der Waals surface area contributed by atoms with E-state index < -0.39 is 0 Å². The SMILES string of the molecule is C1=C[C@H](c2ccc(-c3ccc(-c4ccc5c6ccccc6n(-c6ccc(C7=Cc8ccccc8CC7)cc6)c5c4)cc3)cc2)CC=C1c1cnc2c3ccccc3c3ccccc3c2n1. The molecule has 65 heavy (non-hydrogen) atoms. The van der Waals surface area contributed by atoms with E-state index in [0.717, 1.165) is 52.3 Å². The fourth-order valence-electron chi connectivity index (χ4n) is 10.5. The van der Waals surface area contributed by atoms with Gasteiger partial charge in [0, 0.05) is 33.2 Å². The third-order valence-corrected chi connectivity index (χ3v) is 13.9. The van der Waals surface area contributed by atoms with Gasteiger partial charge in [0.2, 0.25) is 0 Å². The number of aryl methyl sites for hydroxylation is 1. The zero-order valence-electron chi connectivity index (χ0n) is 35.8. The molecule has 3 heteroatoms. The van der Waals surface area contributed by atoms with Crippen molar-refractivity contribution < 1.29 is 0 Å². The number of hydrogen-bond donors (Lipinski definition) is 0. The van der Waals surface area contributed by atoms with Gasteiger partial charge in [-0.2, -0.15) is 0 Å². The molecule has 2 heterocycles. The molecule has 0 fully saturated rings. The molecule has 2 aliphatic carbocycles. The van der Waals surface area contributed by atoms with E-state index >= 15 is 0 Å². The van der Waals surface area contributed by atoms with E-state index in [9.17, 15) is 0 Å². The minimum absolute atomic E-state index is 0.310. The third-order valence-electron chi connectivity index (χ3n) is 13.9. The Kier molecular flexibility index (Phi) is 8.80. The second-order valence-corrected chi connectivity index (χ2v) is 17.6. The zero-order chi connectivity index (χ0) is 42.8. The smallest absolute Gasteiger partial charge is 0.0979 e. The summed E-state index contributed by atoms with van der Waals surface area (Å²) >= 11 is 0. The van der Waals surface area contributed by atoms with Crippen LogP contribution in [-0.2, 0) is 6.42 Å². The molecule has 0 N–H and O–H groups in total. The second-order valence-electron chi connectivity index (χ2n) is 17.6. The number of para-hydroxylation sites is 1. The van der Waals surface area contributed by atoms with E-state index in [1.807, 2.05) is 6.20 Å². The van der Waals surface area contributed by atoms with Gasteiger partial charge in [0.25, 0.3) is 0 Å². The lowest BCUT2D eigenvalue weighted by molar-refractivity contribution is 0.856. The van der Waals surface area contributed by atoms with Gasteiger partial charge in [-0.1, -0.05) is 188 Å². The van der Waals surface area contributed by atoms with Gasteiger partial charge in [-0.15, -0.1) is 0 Å². The molecule has 2 aliphatic rings. The third kappa shape index (κ3) is 6.42. The highest BCUT2D eigenvalue weighted by molar-refractivity contribution is 6.23. The maximum absolute atomic E-state index is 5.22. The van der Waals surface area contributed by atoms with Gasteiger partial charge >= 0.3 is 0 Å². The molecule has 9 aromatic carbocycles. The van der Waals surface area contributed by atoms with Gasteiger partial charge in [0.15, 0.2) is 0 Å². The van der Waals surface area contributed by atoms with Crippen LogP contribution in [0, 0.1) is 0 Å². The van der Waals surface area contributed by atoms with Crippen LogP contribution in [0.3, 0.4) is 0 Å². The Morgan fingerprint density at radius 3 is 1.82 bits per heavy atom. The molecule has 3 nitrogen and oxygen atoms in total. The van der Waals surface area contributed by atoms with Crippen molar-refractivity contribution in [2.75, 3.05) is 0 Å². The zero-order valence-corrected chi connectivity index (χ0v) is 35.8. The van der Waals surface area contributed by atoms with Crippen molar-refractivity contribution in [1.29, 1.82) is 0 Å². The number of allylic oxidation sites excluding steroid dienone is 5. The monoisotopic (exact) mass is 829 g/mol. The lowest BCUT2D eigenvalue weighted by Crippen LogP contribution is -2.00. The van der Waals surface area contributed by atoms with Gasteiger partial charge in [0.05, 0.1) is 34.0 Å². The van der Waals surface area contributed by atoms with Crippen molar-refractivity contribution >= 4 is 71.6 Å². The Morgan fingerprint density at radius 1 is 0.477 bits per heavy atom. The highest BCUT2D eigenvalue weighted by Gasteiger charge is 2.18. The summed E-state index contributed by atoms with van der Waals surface area (Å²) in [5, 5.41) is 7.24. The van der Waals surface area contributed by atoms with Gasteiger partial charge in [-0.05, 0) is 110 Å². The molecule has 0 bridgehead atoms. The lowest BCUT2D eigenvalue weighted by atomic mass is 9.88. The first-order valence-corrected chi connectivity index (χ1v) is 22.8. The van der Waals surface area contributed by atoms with Crippen LogP contribution in [0.15, 0.2) is 212 Å². The highest BCUT2D eigenvalue weighted by atomic mass is 15.0. The molecule has 1 atom stereocenters. The molecule has 0 spiro atoms. The molecule has 11 aromatic rings. The summed E-state index contributed by atoms with van der Waals surface area (Å²) in [7, 11) is 0. The molecule has 13 rings (SSSR count). The molecule has 0 radical (unpaired) electrons. The normalized spacial score (nSPS) is 14.9. The van der Waals surface area contributed by atoms with Crippen LogP contribution in [-0.4, -0.2) is 14.5 Å². The summed E-state index contributed by atoms with van der Waals surface area (Å²) in [5.74, 6) is 0.310. The second kappa shape index (κ2) is 15.3. The van der Waals surface area contributed by atoms with Crippen LogP contribution < -0.4 is 0 Å². The summed E-state index contributed by atoms with van der Waals surface area (Å²) in [6.45, 7) is 0. The molecular weight excluding hydrogens is 787 g/mol. The average molecular weight is 830 g/mol. The predicted molar refractivity (Wildman–Crippen MR) is 273 cm³/mol. The standard InChI is InChI=1S/C62H43N3/c1-2-10-48-37-49(30-27-40(48)9-1)46-31-34-51(35-32-46)65-59-16-8-7-13-54(59)55-36-33-50(38-60(55)65)45-23-21-43(22-24-45)41-17-19-42(20-18-41)44-25-28-47(29-26-44)58-39-63-61-56-14-5-3-11-52(56)53-12-4-6-15-57(53)62(61)64-58/h1-25,28-29,31-39,44H,26-27,30H2/t44-/m0/s1. The van der Waals surface area contributed by atoms with Crippen molar-refractivity contribution in [1.82, 2.24) is 14.5 Å². The lowest BCUT2D eigenvalue weighted by Gasteiger charge is -2.17. The molecule has 0 saturated carbocycles. The topological polar surface area (TPSA) is 30.7 Å². The quantitative estimate of drug-likeness (QED) is 0.156. The van der Waals surface area contributed by atoms with Crippen LogP contribution in [0.4, 0.5) is 0 Å². The predicted octanol–water partition coefficient (Wildman–Crippen LogP) is 16.0. The summed E-state index contributed by atoms with van der Waals surface area (Å²) < 4.78 is 2.43. The average Bonchev–Trinajstić information content (AvgIpc) is 3.72. The van der Waals surface area contributed by atoms with Crippen molar-refractivity contribution in [3.63, 3.8) is 0 Å². The van der Waals surface area contributed by atoms with Gasteiger partial charge in [-0.3, -0.25) is 4.98 Å². The van der Waals surface area contributed by atoms with Crippen LogP contribution >= 0.6 is 0 Å². The van der Waals surface area contributed by atoms with Crippen LogP contribution in [0.5, 0.6) is 0 Å². The first kappa shape index (κ1) is 37.4. The molecule has 0 aliphatic heterocycles. The molecule has 306 valence electrons. The minimum atomic E-state index is 0.310. The van der Waals surface area contributed by atoms with Crippen molar-refractivity contribution in [2.45, 2.75) is 25.2 Å². The Hall–Kier alpha value is -8.14. The molecule has 0 amide bonds. The van der Waals surface area contributed by atoms with Crippen LogP contribution in [0.25, 0.3) is 99.5 Å². The van der Waals surface area contributed by atoms with Crippen LogP contribution in [0.1, 0.15) is 46.7 Å². The summed E-state index contributed by atoms with van der Waals surface area (Å²) in [4.78, 5) is 10.2. The number of fused-ring (bicyclic) bond motifs is 10. The minimum Gasteiger partial charge on any atom is -0.309 e. The van der Waals surface area contributed by atoms with Crippen molar-refractivity contribution in [3.05, 3.63) is 240 Å². The Bertz CT molecular complexity index is 3740. The number of aromatic nitrogens is 3. The summed E-state index contributed by atoms with van der Waals surface area (Å²) in [6, 6.07) is 68.9. The molecule has 0 saturated heterocycles. The molecule has 0 unspecified atom stereocenters.